The molecule has 10 heteroatoms. The zero-order valence-electron chi connectivity index (χ0n) is 18.1. The number of aryl methyl sites for hydroxylation is 1. The molecule has 4 rings (SSSR count). The summed E-state index contributed by atoms with van der Waals surface area (Å²) in [5.41, 5.74) is 2.83. The van der Waals surface area contributed by atoms with Crippen molar-refractivity contribution < 1.29 is 9.59 Å². The molecule has 0 unspecified atom stereocenters. The molecule has 1 fully saturated rings. The van der Waals surface area contributed by atoms with Crippen molar-refractivity contribution in [1.82, 2.24) is 29.5 Å². The monoisotopic (exact) mass is 435 g/mol. The molecule has 0 radical (unpaired) electrons. The van der Waals surface area contributed by atoms with Crippen molar-refractivity contribution in [3.05, 3.63) is 51.2 Å². The average molecular weight is 435 g/mol. The van der Waals surface area contributed by atoms with Gasteiger partial charge in [-0.25, -0.2) is 9.67 Å². The fraction of sp³-hybridized carbons (Fsp3) is 0.455. The zero-order valence-corrected chi connectivity index (χ0v) is 18.1. The summed E-state index contributed by atoms with van der Waals surface area (Å²) in [4.78, 5) is 48.5. The van der Waals surface area contributed by atoms with Gasteiger partial charge >= 0.3 is 0 Å². The minimum atomic E-state index is -0.173. The largest absolute Gasteiger partial charge is 0.335 e. The van der Waals surface area contributed by atoms with Gasteiger partial charge in [0.25, 0.3) is 11.5 Å². The van der Waals surface area contributed by atoms with Crippen LogP contribution in [-0.4, -0.2) is 67.5 Å². The van der Waals surface area contributed by atoms with Gasteiger partial charge in [-0.15, -0.1) is 0 Å². The van der Waals surface area contributed by atoms with Crippen LogP contribution in [0.5, 0.6) is 0 Å². The van der Waals surface area contributed by atoms with Crippen molar-refractivity contribution in [1.29, 1.82) is 5.26 Å². The third-order valence-corrected chi connectivity index (χ3v) is 6.06. The zero-order chi connectivity index (χ0) is 22.8. The van der Waals surface area contributed by atoms with Gasteiger partial charge in [0.05, 0.1) is 29.2 Å². The highest BCUT2D eigenvalue weighted by Crippen LogP contribution is 2.19. The molecule has 1 N–H and O–H groups in total. The van der Waals surface area contributed by atoms with Crippen LogP contribution in [-0.2, 0) is 17.6 Å². The van der Waals surface area contributed by atoms with Crippen LogP contribution in [0.3, 0.4) is 0 Å². The molecule has 1 aliphatic heterocycles. The van der Waals surface area contributed by atoms with Crippen molar-refractivity contribution in [3.8, 4) is 12.0 Å². The summed E-state index contributed by atoms with van der Waals surface area (Å²) in [5.74, 6) is -0.0193. The Morgan fingerprint density at radius 2 is 1.94 bits per heavy atom. The molecule has 2 aliphatic rings. The Labute approximate surface area is 185 Å². The number of carbonyl (C=O) groups is 2. The summed E-state index contributed by atoms with van der Waals surface area (Å²) in [7, 11) is 0. The standard InChI is InChI=1S/C22H25N7O3/c1-14(5-4-8-23)20(31)27-9-11-28(12-10-27)21(32)17-13-24-29(15(17)2)22-25-18-7-3-6-16(18)19(30)26-22/h13H,1,3-7,9-12H2,2H3,(H,25,26,30). The minimum Gasteiger partial charge on any atom is -0.335 e. The SMILES string of the molecule is C=C(CCC#N)C(=O)N1CCN(C(=O)c2cnn(-c3nc4c(c(=O)[nH]3)CCC4)c2C)CC1. The molecule has 1 saturated heterocycles. The molecule has 0 saturated carbocycles. The number of nitrogens with zero attached hydrogens (tertiary/aromatic N) is 6. The lowest BCUT2D eigenvalue weighted by Gasteiger charge is -2.35. The number of amides is 2. The van der Waals surface area contributed by atoms with Gasteiger partial charge in [-0.1, -0.05) is 6.58 Å². The Hall–Kier alpha value is -3.74. The molecule has 0 atom stereocenters. The van der Waals surface area contributed by atoms with E-state index in [1.165, 1.54) is 10.9 Å². The first-order chi connectivity index (χ1) is 15.4. The second-order valence-corrected chi connectivity index (χ2v) is 8.07. The van der Waals surface area contributed by atoms with Crippen molar-refractivity contribution in [2.45, 2.75) is 39.0 Å². The molecule has 3 heterocycles. The Morgan fingerprint density at radius 1 is 1.22 bits per heavy atom. The minimum absolute atomic E-state index is 0.151. The summed E-state index contributed by atoms with van der Waals surface area (Å²) >= 11 is 0. The molecule has 32 heavy (non-hydrogen) atoms. The van der Waals surface area contributed by atoms with Gasteiger partial charge in [0.1, 0.15) is 0 Å². The van der Waals surface area contributed by atoms with Crippen LogP contribution < -0.4 is 5.56 Å². The number of nitriles is 1. The van der Waals surface area contributed by atoms with E-state index < -0.39 is 0 Å². The first kappa shape index (κ1) is 21.5. The average Bonchev–Trinajstić information content (AvgIpc) is 3.43. The van der Waals surface area contributed by atoms with Crippen LogP contribution in [0.1, 0.15) is 46.6 Å². The maximum absolute atomic E-state index is 13.1. The van der Waals surface area contributed by atoms with Gasteiger partial charge in [-0.05, 0) is 32.6 Å². The van der Waals surface area contributed by atoms with Crippen molar-refractivity contribution in [2.24, 2.45) is 0 Å². The normalized spacial score (nSPS) is 15.4. The second kappa shape index (κ2) is 8.78. The third kappa shape index (κ3) is 3.93. The van der Waals surface area contributed by atoms with Gasteiger partial charge in [0.15, 0.2) is 0 Å². The number of rotatable bonds is 5. The molecule has 2 aromatic rings. The molecule has 2 aromatic heterocycles. The van der Waals surface area contributed by atoms with Gasteiger partial charge in [0.2, 0.25) is 11.9 Å². The van der Waals surface area contributed by atoms with Gasteiger partial charge < -0.3 is 9.80 Å². The van der Waals surface area contributed by atoms with E-state index in [9.17, 15) is 14.4 Å². The molecular formula is C22H25N7O3. The number of piperazine rings is 1. The number of carbonyl (C=O) groups excluding carboxylic acids is 2. The molecule has 0 aromatic carbocycles. The number of aromatic amines is 1. The van der Waals surface area contributed by atoms with E-state index in [-0.39, 0.29) is 23.8 Å². The summed E-state index contributed by atoms with van der Waals surface area (Å²) in [5, 5.41) is 13.0. The lowest BCUT2D eigenvalue weighted by Crippen LogP contribution is -2.51. The number of aromatic nitrogens is 4. The molecule has 2 amide bonds. The van der Waals surface area contributed by atoms with Crippen molar-refractivity contribution in [3.63, 3.8) is 0 Å². The number of H-pyrrole nitrogens is 1. The van der Waals surface area contributed by atoms with Crippen LogP contribution >= 0.6 is 0 Å². The highest BCUT2D eigenvalue weighted by atomic mass is 16.2. The first-order valence-corrected chi connectivity index (χ1v) is 10.7. The summed E-state index contributed by atoms with van der Waals surface area (Å²) in [6, 6.07) is 2.01. The van der Waals surface area contributed by atoms with Crippen LogP contribution in [0, 0.1) is 18.3 Å². The smallest absolute Gasteiger partial charge is 0.257 e. The Morgan fingerprint density at radius 3 is 2.66 bits per heavy atom. The van der Waals surface area contributed by atoms with E-state index in [1.807, 2.05) is 6.07 Å². The summed E-state index contributed by atoms with van der Waals surface area (Å²) in [6.07, 6.45) is 4.52. The third-order valence-electron chi connectivity index (χ3n) is 6.06. The Kier molecular flexibility index (Phi) is 5.90. The number of nitrogens with one attached hydrogen (secondary N) is 1. The van der Waals surface area contributed by atoms with Crippen molar-refractivity contribution in [2.75, 3.05) is 26.2 Å². The van der Waals surface area contributed by atoms with Crippen molar-refractivity contribution >= 4 is 11.8 Å². The highest BCUT2D eigenvalue weighted by Gasteiger charge is 2.28. The van der Waals surface area contributed by atoms with Gasteiger partial charge in [-0.2, -0.15) is 10.4 Å². The van der Waals surface area contributed by atoms with Crippen LogP contribution in [0.25, 0.3) is 5.95 Å². The number of hydrogen-bond acceptors (Lipinski definition) is 6. The van der Waals surface area contributed by atoms with E-state index in [2.05, 4.69) is 21.6 Å². The second-order valence-electron chi connectivity index (χ2n) is 8.07. The van der Waals surface area contributed by atoms with E-state index in [0.29, 0.717) is 55.4 Å². The van der Waals surface area contributed by atoms with Gasteiger partial charge in [0, 0.05) is 43.7 Å². The van der Waals surface area contributed by atoms with Crippen LogP contribution in [0.15, 0.2) is 23.1 Å². The fourth-order valence-electron chi connectivity index (χ4n) is 4.18. The molecular weight excluding hydrogens is 410 g/mol. The topological polar surface area (TPSA) is 128 Å². The quantitative estimate of drug-likeness (QED) is 0.695. The van der Waals surface area contributed by atoms with E-state index >= 15 is 0 Å². The first-order valence-electron chi connectivity index (χ1n) is 10.7. The van der Waals surface area contributed by atoms with Crippen LogP contribution in [0.4, 0.5) is 0 Å². The maximum atomic E-state index is 13.1. The number of fused-ring (bicyclic) bond motifs is 1. The maximum Gasteiger partial charge on any atom is 0.257 e. The predicted molar refractivity (Wildman–Crippen MR) is 115 cm³/mol. The summed E-state index contributed by atoms with van der Waals surface area (Å²) in [6.45, 7) is 7.15. The molecule has 10 nitrogen and oxygen atoms in total. The summed E-state index contributed by atoms with van der Waals surface area (Å²) < 4.78 is 1.49. The van der Waals surface area contributed by atoms with Crippen LogP contribution in [0.2, 0.25) is 0 Å². The lowest BCUT2D eigenvalue weighted by atomic mass is 10.1. The number of hydrogen-bond donors (Lipinski definition) is 1. The Balaban J connectivity index is 1.45. The molecule has 1 aliphatic carbocycles. The van der Waals surface area contributed by atoms with E-state index in [1.54, 1.807) is 16.7 Å². The fourth-order valence-corrected chi connectivity index (χ4v) is 4.18. The lowest BCUT2D eigenvalue weighted by molar-refractivity contribution is -0.128. The molecule has 166 valence electrons. The molecule has 0 bridgehead atoms. The van der Waals surface area contributed by atoms with E-state index in [0.717, 1.165) is 30.5 Å². The molecule has 0 spiro atoms. The predicted octanol–water partition coefficient (Wildman–Crippen LogP) is 0.897. The Bertz CT molecular complexity index is 1180. The highest BCUT2D eigenvalue weighted by molar-refractivity contribution is 5.96. The van der Waals surface area contributed by atoms with Gasteiger partial charge in [-0.3, -0.25) is 19.4 Å². The van der Waals surface area contributed by atoms with E-state index in [4.69, 9.17) is 5.26 Å².